The number of carboxylic acids is 1. The van der Waals surface area contributed by atoms with Crippen molar-refractivity contribution >= 4 is 5.97 Å². The van der Waals surface area contributed by atoms with Gasteiger partial charge < -0.3 is 15.3 Å². The minimum atomic E-state index is -0.860. The third kappa shape index (κ3) is 2.95. The summed E-state index contributed by atoms with van der Waals surface area (Å²) in [6.45, 7) is 1.39. The number of aliphatic hydroxyl groups is 1. The summed E-state index contributed by atoms with van der Waals surface area (Å²) in [4.78, 5) is 10.6. The number of benzene rings is 1. The number of hydrogen-bond donors (Lipinski definition) is 3. The van der Waals surface area contributed by atoms with Gasteiger partial charge in [-0.1, -0.05) is 19.1 Å². The molecule has 0 amide bonds. The van der Waals surface area contributed by atoms with Crippen molar-refractivity contribution in [3.05, 3.63) is 29.3 Å². The third-order valence-electron chi connectivity index (χ3n) is 2.28. The first-order chi connectivity index (χ1) is 7.04. The van der Waals surface area contributed by atoms with Gasteiger partial charge in [-0.05, 0) is 18.1 Å². The van der Waals surface area contributed by atoms with Crippen molar-refractivity contribution in [3.63, 3.8) is 0 Å². The lowest BCUT2D eigenvalue weighted by atomic mass is 10.00. The molecule has 4 heteroatoms. The van der Waals surface area contributed by atoms with Crippen LogP contribution in [0.25, 0.3) is 0 Å². The fourth-order valence-electron chi connectivity index (χ4n) is 1.31. The van der Waals surface area contributed by atoms with E-state index in [-0.39, 0.29) is 12.4 Å². The van der Waals surface area contributed by atoms with Crippen LogP contribution in [0, 0.1) is 5.92 Å². The molecule has 0 saturated carbocycles. The summed E-state index contributed by atoms with van der Waals surface area (Å²) in [5.41, 5.74) is 1.20. The maximum atomic E-state index is 10.6. The predicted molar refractivity (Wildman–Crippen MR) is 54.5 cm³/mol. The van der Waals surface area contributed by atoms with Crippen LogP contribution in [0.1, 0.15) is 18.1 Å². The molecule has 0 aromatic heterocycles. The largest absolute Gasteiger partial charge is 0.508 e. The normalized spacial score (nSPS) is 12.4. The first kappa shape index (κ1) is 11.5. The van der Waals surface area contributed by atoms with Gasteiger partial charge in [-0.15, -0.1) is 0 Å². The first-order valence-electron chi connectivity index (χ1n) is 4.69. The molecule has 0 radical (unpaired) electrons. The molecular weight excluding hydrogens is 196 g/mol. The van der Waals surface area contributed by atoms with E-state index in [0.717, 1.165) is 5.56 Å². The summed E-state index contributed by atoms with van der Waals surface area (Å²) in [6, 6.07) is 4.80. The van der Waals surface area contributed by atoms with Crippen LogP contribution in [0.4, 0.5) is 0 Å². The molecule has 1 aromatic carbocycles. The van der Waals surface area contributed by atoms with Gasteiger partial charge in [-0.3, -0.25) is 4.79 Å². The second-order valence-electron chi connectivity index (χ2n) is 3.56. The lowest BCUT2D eigenvalue weighted by Crippen LogP contribution is -2.12. The average molecular weight is 210 g/mol. The van der Waals surface area contributed by atoms with Crippen LogP contribution < -0.4 is 0 Å². The number of aliphatic carboxylic acids is 1. The van der Waals surface area contributed by atoms with Crippen molar-refractivity contribution in [1.29, 1.82) is 0 Å². The Morgan fingerprint density at radius 2 is 2.13 bits per heavy atom. The molecule has 3 N–H and O–H groups in total. The zero-order valence-corrected chi connectivity index (χ0v) is 8.47. The van der Waals surface area contributed by atoms with Crippen molar-refractivity contribution in [1.82, 2.24) is 0 Å². The van der Waals surface area contributed by atoms with Crippen LogP contribution in [0.15, 0.2) is 18.2 Å². The van der Waals surface area contributed by atoms with Crippen molar-refractivity contribution < 1.29 is 20.1 Å². The van der Waals surface area contributed by atoms with E-state index in [1.165, 1.54) is 6.07 Å². The zero-order chi connectivity index (χ0) is 11.4. The van der Waals surface area contributed by atoms with E-state index in [9.17, 15) is 9.90 Å². The summed E-state index contributed by atoms with van der Waals surface area (Å²) in [6.07, 6.45) is 0.370. The van der Waals surface area contributed by atoms with Gasteiger partial charge in [0.05, 0.1) is 12.5 Å². The lowest BCUT2D eigenvalue weighted by Gasteiger charge is -2.08. The highest BCUT2D eigenvalue weighted by Gasteiger charge is 2.12. The molecule has 1 unspecified atom stereocenters. The van der Waals surface area contributed by atoms with E-state index in [0.29, 0.717) is 12.0 Å². The van der Waals surface area contributed by atoms with Crippen LogP contribution in [0.2, 0.25) is 0 Å². The maximum Gasteiger partial charge on any atom is 0.306 e. The van der Waals surface area contributed by atoms with E-state index >= 15 is 0 Å². The molecule has 0 aliphatic rings. The Kier molecular flexibility index (Phi) is 3.68. The summed E-state index contributed by atoms with van der Waals surface area (Å²) >= 11 is 0. The minimum Gasteiger partial charge on any atom is -0.508 e. The molecule has 0 aliphatic carbocycles. The Morgan fingerprint density at radius 3 is 2.60 bits per heavy atom. The second kappa shape index (κ2) is 4.79. The average Bonchev–Trinajstić information content (AvgIpc) is 2.18. The third-order valence-corrected chi connectivity index (χ3v) is 2.28. The minimum absolute atomic E-state index is 0.00703. The number of aromatic hydroxyl groups is 1. The SMILES string of the molecule is CC(Cc1ccc(CO)c(O)c1)C(=O)O. The fourth-order valence-corrected chi connectivity index (χ4v) is 1.31. The molecule has 0 heterocycles. The molecule has 0 aliphatic heterocycles. The Labute approximate surface area is 87.8 Å². The lowest BCUT2D eigenvalue weighted by molar-refractivity contribution is -0.141. The van der Waals surface area contributed by atoms with E-state index in [4.69, 9.17) is 10.2 Å². The highest BCUT2D eigenvalue weighted by atomic mass is 16.4. The Bertz CT molecular complexity index is 360. The van der Waals surface area contributed by atoms with Gasteiger partial charge >= 0.3 is 5.97 Å². The molecule has 82 valence electrons. The fraction of sp³-hybridized carbons (Fsp3) is 0.364. The molecule has 0 fully saturated rings. The predicted octanol–water partition coefficient (Wildman–Crippen LogP) is 1.15. The zero-order valence-electron chi connectivity index (χ0n) is 8.47. The van der Waals surface area contributed by atoms with E-state index in [2.05, 4.69) is 0 Å². The van der Waals surface area contributed by atoms with Crippen LogP contribution in [0.5, 0.6) is 5.75 Å². The van der Waals surface area contributed by atoms with Crippen LogP contribution in [-0.4, -0.2) is 21.3 Å². The Hall–Kier alpha value is -1.55. The summed E-state index contributed by atoms with van der Waals surface area (Å²) in [7, 11) is 0. The first-order valence-corrected chi connectivity index (χ1v) is 4.69. The molecular formula is C11H14O4. The number of aliphatic hydroxyl groups excluding tert-OH is 1. The van der Waals surface area contributed by atoms with Gasteiger partial charge in [0.1, 0.15) is 5.75 Å². The van der Waals surface area contributed by atoms with Crippen LogP contribution >= 0.6 is 0 Å². The molecule has 1 atom stereocenters. The van der Waals surface area contributed by atoms with Crippen LogP contribution in [-0.2, 0) is 17.8 Å². The standard InChI is InChI=1S/C11H14O4/c1-7(11(14)15)4-8-2-3-9(6-12)10(13)5-8/h2-3,5,7,12-13H,4,6H2,1H3,(H,14,15). The van der Waals surface area contributed by atoms with Crippen LogP contribution in [0.3, 0.4) is 0 Å². The van der Waals surface area contributed by atoms with E-state index in [1.54, 1.807) is 19.1 Å². The van der Waals surface area contributed by atoms with Gasteiger partial charge in [0.15, 0.2) is 0 Å². The van der Waals surface area contributed by atoms with Crippen molar-refractivity contribution in [2.45, 2.75) is 20.0 Å². The smallest absolute Gasteiger partial charge is 0.306 e. The summed E-state index contributed by atoms with van der Waals surface area (Å²) in [5, 5.41) is 27.0. The topological polar surface area (TPSA) is 77.8 Å². The van der Waals surface area contributed by atoms with Crippen molar-refractivity contribution in [3.8, 4) is 5.75 Å². The highest BCUT2D eigenvalue weighted by Crippen LogP contribution is 2.20. The quantitative estimate of drug-likeness (QED) is 0.696. The summed E-state index contributed by atoms with van der Waals surface area (Å²) in [5.74, 6) is -1.34. The van der Waals surface area contributed by atoms with Gasteiger partial charge in [0, 0.05) is 5.56 Å². The molecule has 0 saturated heterocycles. The van der Waals surface area contributed by atoms with E-state index < -0.39 is 11.9 Å². The molecule has 0 spiro atoms. The van der Waals surface area contributed by atoms with Gasteiger partial charge in [-0.25, -0.2) is 0 Å². The number of hydrogen-bond acceptors (Lipinski definition) is 3. The van der Waals surface area contributed by atoms with Crippen molar-refractivity contribution in [2.24, 2.45) is 5.92 Å². The molecule has 4 nitrogen and oxygen atoms in total. The van der Waals surface area contributed by atoms with Gasteiger partial charge in [0.2, 0.25) is 0 Å². The van der Waals surface area contributed by atoms with Gasteiger partial charge in [0.25, 0.3) is 0 Å². The summed E-state index contributed by atoms with van der Waals surface area (Å²) < 4.78 is 0. The maximum absolute atomic E-state index is 10.6. The molecule has 1 rings (SSSR count). The van der Waals surface area contributed by atoms with Crippen molar-refractivity contribution in [2.75, 3.05) is 0 Å². The Morgan fingerprint density at radius 1 is 1.47 bits per heavy atom. The number of rotatable bonds is 4. The molecule has 0 bridgehead atoms. The van der Waals surface area contributed by atoms with Gasteiger partial charge in [-0.2, -0.15) is 0 Å². The number of carbonyl (C=O) groups is 1. The molecule has 15 heavy (non-hydrogen) atoms. The Balaban J connectivity index is 2.79. The molecule has 1 aromatic rings. The second-order valence-corrected chi connectivity index (χ2v) is 3.56. The van der Waals surface area contributed by atoms with E-state index in [1.807, 2.05) is 0 Å². The number of phenols is 1. The highest BCUT2D eigenvalue weighted by molar-refractivity contribution is 5.69. The number of carboxylic acid groups (broad SMARTS) is 1. The monoisotopic (exact) mass is 210 g/mol.